The number of methoxy groups -OCH3 is 1. The highest BCUT2D eigenvalue weighted by Gasteiger charge is 2.13. The molecule has 0 fully saturated rings. The van der Waals surface area contributed by atoms with Gasteiger partial charge >= 0.3 is 5.97 Å². The van der Waals surface area contributed by atoms with Crippen molar-refractivity contribution in [3.63, 3.8) is 0 Å². The zero-order valence-electron chi connectivity index (χ0n) is 14.3. The summed E-state index contributed by atoms with van der Waals surface area (Å²) >= 11 is 8.83. The van der Waals surface area contributed by atoms with Gasteiger partial charge in [-0.15, -0.1) is 11.3 Å². The standard InChI is InChI=1S/C19H15ClN2O3S2/c1-25-18(24)14-9-13(7-8-15(14)20)21-17(23)11-27-19-22-16(10-26-19)12-5-3-2-4-6-12/h2-10H,11H2,1H3,(H,21,23). The van der Waals surface area contributed by atoms with Crippen LogP contribution in [-0.2, 0) is 9.53 Å². The third-order valence-electron chi connectivity index (χ3n) is 3.53. The molecule has 8 heteroatoms. The largest absolute Gasteiger partial charge is 0.465 e. The molecule has 1 N–H and O–H groups in total. The summed E-state index contributed by atoms with van der Waals surface area (Å²) in [4.78, 5) is 28.4. The number of hydrogen-bond acceptors (Lipinski definition) is 6. The quantitative estimate of drug-likeness (QED) is 0.451. The number of nitrogens with zero attached hydrogens (tertiary/aromatic N) is 1. The van der Waals surface area contributed by atoms with Gasteiger partial charge < -0.3 is 10.1 Å². The fraction of sp³-hybridized carbons (Fsp3) is 0.105. The lowest BCUT2D eigenvalue weighted by Gasteiger charge is -2.07. The van der Waals surface area contributed by atoms with E-state index in [4.69, 9.17) is 11.6 Å². The average molecular weight is 419 g/mol. The van der Waals surface area contributed by atoms with Crippen molar-refractivity contribution in [3.8, 4) is 11.3 Å². The molecule has 1 aromatic heterocycles. The Labute approximate surface area is 169 Å². The summed E-state index contributed by atoms with van der Waals surface area (Å²) in [5.41, 5.74) is 2.62. The molecule has 0 aliphatic carbocycles. The number of rotatable bonds is 6. The van der Waals surface area contributed by atoms with Gasteiger partial charge in [-0.05, 0) is 18.2 Å². The van der Waals surface area contributed by atoms with E-state index in [0.29, 0.717) is 5.69 Å². The van der Waals surface area contributed by atoms with E-state index in [2.05, 4.69) is 15.0 Å². The minimum absolute atomic E-state index is 0.199. The molecule has 5 nitrogen and oxygen atoms in total. The van der Waals surface area contributed by atoms with Crippen LogP contribution >= 0.6 is 34.7 Å². The molecule has 0 aliphatic rings. The third-order valence-corrected chi connectivity index (χ3v) is 5.89. The molecule has 0 saturated heterocycles. The van der Waals surface area contributed by atoms with E-state index in [1.807, 2.05) is 35.7 Å². The molecular weight excluding hydrogens is 404 g/mol. The molecule has 0 saturated carbocycles. The molecule has 3 aromatic rings. The Bertz CT molecular complexity index is 961. The van der Waals surface area contributed by atoms with Gasteiger partial charge in [0.1, 0.15) is 0 Å². The Balaban J connectivity index is 1.59. The van der Waals surface area contributed by atoms with E-state index in [9.17, 15) is 9.59 Å². The fourth-order valence-corrected chi connectivity index (χ4v) is 4.09. The molecule has 0 radical (unpaired) electrons. The van der Waals surface area contributed by atoms with Crippen molar-refractivity contribution in [2.45, 2.75) is 4.34 Å². The van der Waals surface area contributed by atoms with Crippen LogP contribution in [0.5, 0.6) is 0 Å². The van der Waals surface area contributed by atoms with Crippen LogP contribution in [0, 0.1) is 0 Å². The van der Waals surface area contributed by atoms with Crippen molar-refractivity contribution in [3.05, 3.63) is 64.5 Å². The van der Waals surface area contributed by atoms with Crippen molar-refractivity contribution in [1.82, 2.24) is 4.98 Å². The van der Waals surface area contributed by atoms with Gasteiger partial charge in [-0.1, -0.05) is 53.7 Å². The zero-order chi connectivity index (χ0) is 19.2. The molecule has 0 bridgehead atoms. The van der Waals surface area contributed by atoms with Gasteiger partial charge in [-0.3, -0.25) is 4.79 Å². The maximum absolute atomic E-state index is 12.2. The number of hydrogen-bond donors (Lipinski definition) is 1. The highest BCUT2D eigenvalue weighted by atomic mass is 35.5. The molecule has 0 spiro atoms. The SMILES string of the molecule is COC(=O)c1cc(NC(=O)CSc2nc(-c3ccccc3)cs2)ccc1Cl. The summed E-state index contributed by atoms with van der Waals surface area (Å²) in [6.45, 7) is 0. The van der Waals surface area contributed by atoms with E-state index < -0.39 is 5.97 Å². The maximum atomic E-state index is 12.2. The molecule has 3 rings (SSSR count). The van der Waals surface area contributed by atoms with Crippen molar-refractivity contribution >= 4 is 52.3 Å². The van der Waals surface area contributed by atoms with Gasteiger partial charge in [-0.2, -0.15) is 0 Å². The van der Waals surface area contributed by atoms with Gasteiger partial charge in [-0.25, -0.2) is 9.78 Å². The molecule has 2 aromatic carbocycles. The van der Waals surface area contributed by atoms with Gasteiger partial charge in [0.25, 0.3) is 0 Å². The van der Waals surface area contributed by atoms with Crippen molar-refractivity contribution in [2.24, 2.45) is 0 Å². The number of carbonyl (C=O) groups is 2. The minimum atomic E-state index is -0.554. The minimum Gasteiger partial charge on any atom is -0.465 e. The highest BCUT2D eigenvalue weighted by Crippen LogP contribution is 2.28. The summed E-state index contributed by atoms with van der Waals surface area (Å²) < 4.78 is 5.49. The predicted molar refractivity (Wildman–Crippen MR) is 110 cm³/mol. The number of anilines is 1. The van der Waals surface area contributed by atoms with E-state index in [1.165, 1.54) is 36.3 Å². The molecule has 1 amide bonds. The number of amides is 1. The van der Waals surface area contributed by atoms with Gasteiger partial charge in [0.05, 0.1) is 29.1 Å². The second-order valence-corrected chi connectivity index (χ2v) is 7.88. The Morgan fingerprint density at radius 1 is 1.22 bits per heavy atom. The number of benzene rings is 2. The second-order valence-electron chi connectivity index (χ2n) is 5.39. The van der Waals surface area contributed by atoms with Crippen LogP contribution in [0.1, 0.15) is 10.4 Å². The van der Waals surface area contributed by atoms with Crippen molar-refractivity contribution in [1.29, 1.82) is 0 Å². The monoisotopic (exact) mass is 418 g/mol. The first-order valence-corrected chi connectivity index (χ1v) is 10.1. The van der Waals surface area contributed by atoms with Gasteiger partial charge in [0.2, 0.25) is 5.91 Å². The summed E-state index contributed by atoms with van der Waals surface area (Å²) in [5.74, 6) is -0.547. The Kier molecular flexibility index (Phi) is 6.49. The molecule has 1 heterocycles. The fourth-order valence-electron chi connectivity index (χ4n) is 2.26. The van der Waals surface area contributed by atoms with E-state index >= 15 is 0 Å². The second kappa shape index (κ2) is 9.03. The zero-order valence-corrected chi connectivity index (χ0v) is 16.7. The van der Waals surface area contributed by atoms with Crippen LogP contribution in [0.15, 0.2) is 58.3 Å². The van der Waals surface area contributed by atoms with Crippen LogP contribution in [0.4, 0.5) is 5.69 Å². The Hall–Kier alpha value is -2.35. The number of thiazole rings is 1. The number of aromatic nitrogens is 1. The summed E-state index contributed by atoms with van der Waals surface area (Å²) in [7, 11) is 1.28. The van der Waals surface area contributed by atoms with E-state index in [0.717, 1.165) is 15.6 Å². The Morgan fingerprint density at radius 2 is 2.00 bits per heavy atom. The predicted octanol–water partition coefficient (Wildman–Crippen LogP) is 4.98. The molecule has 0 aliphatic heterocycles. The van der Waals surface area contributed by atoms with Gasteiger partial charge in [0, 0.05) is 16.6 Å². The first-order chi connectivity index (χ1) is 13.1. The summed E-state index contributed by atoms with van der Waals surface area (Å²) in [6, 6.07) is 14.5. The van der Waals surface area contributed by atoms with Crippen molar-refractivity contribution in [2.75, 3.05) is 18.2 Å². The molecule has 138 valence electrons. The van der Waals surface area contributed by atoms with Gasteiger partial charge in [0.15, 0.2) is 4.34 Å². The normalized spacial score (nSPS) is 10.4. The van der Waals surface area contributed by atoms with E-state index in [-0.39, 0.29) is 22.2 Å². The maximum Gasteiger partial charge on any atom is 0.339 e. The molecule has 0 unspecified atom stereocenters. The van der Waals surface area contributed by atoms with Crippen LogP contribution in [0.2, 0.25) is 5.02 Å². The highest BCUT2D eigenvalue weighted by molar-refractivity contribution is 8.01. The smallest absolute Gasteiger partial charge is 0.339 e. The van der Waals surface area contributed by atoms with Crippen molar-refractivity contribution < 1.29 is 14.3 Å². The van der Waals surface area contributed by atoms with Crippen LogP contribution < -0.4 is 5.32 Å². The number of esters is 1. The molecular formula is C19H15ClN2O3S2. The number of halogens is 1. The number of ether oxygens (including phenoxy) is 1. The van der Waals surface area contributed by atoms with Crippen LogP contribution in [-0.4, -0.2) is 29.7 Å². The number of thioether (sulfide) groups is 1. The summed E-state index contributed by atoms with van der Waals surface area (Å²) in [6.07, 6.45) is 0. The number of nitrogens with one attached hydrogen (secondary N) is 1. The lowest BCUT2D eigenvalue weighted by atomic mass is 10.2. The van der Waals surface area contributed by atoms with Crippen LogP contribution in [0.25, 0.3) is 11.3 Å². The molecule has 0 atom stereocenters. The summed E-state index contributed by atoms with van der Waals surface area (Å²) in [5, 5.41) is 4.99. The number of carbonyl (C=O) groups excluding carboxylic acids is 2. The Morgan fingerprint density at radius 3 is 2.74 bits per heavy atom. The lowest BCUT2D eigenvalue weighted by molar-refractivity contribution is -0.113. The third kappa shape index (κ3) is 5.09. The topological polar surface area (TPSA) is 68.3 Å². The average Bonchev–Trinajstić information content (AvgIpc) is 3.17. The molecule has 27 heavy (non-hydrogen) atoms. The van der Waals surface area contributed by atoms with Crippen LogP contribution in [0.3, 0.4) is 0 Å². The van der Waals surface area contributed by atoms with E-state index in [1.54, 1.807) is 12.1 Å². The first-order valence-electron chi connectivity index (χ1n) is 7.88. The first kappa shape index (κ1) is 19.4. The lowest BCUT2D eigenvalue weighted by Crippen LogP contribution is -2.14.